The molecule has 2 heterocycles. The summed E-state index contributed by atoms with van der Waals surface area (Å²) in [6, 6.07) is 0. The lowest BCUT2D eigenvalue weighted by Crippen LogP contribution is -2.18. The molecule has 0 spiro atoms. The molecule has 1 aliphatic rings. The summed E-state index contributed by atoms with van der Waals surface area (Å²) in [5.74, 6) is -1.09. The van der Waals surface area contributed by atoms with Gasteiger partial charge in [-0.05, 0) is 18.7 Å². The summed E-state index contributed by atoms with van der Waals surface area (Å²) in [6.07, 6.45) is 1.06. The van der Waals surface area contributed by atoms with E-state index in [0.29, 0.717) is 16.9 Å². The van der Waals surface area contributed by atoms with Gasteiger partial charge in [-0.25, -0.2) is 0 Å². The molecule has 2 N–H and O–H groups in total. The Labute approximate surface area is 104 Å². The smallest absolute Gasteiger partial charge is 0.290 e. The van der Waals surface area contributed by atoms with Crippen LogP contribution in [0.5, 0.6) is 0 Å². The average molecular weight is 270 g/mol. The van der Waals surface area contributed by atoms with Gasteiger partial charge in [0.25, 0.3) is 17.1 Å². The number of aromatic nitrogens is 2. The van der Waals surface area contributed by atoms with Crippen LogP contribution in [0.4, 0.5) is 9.93 Å². The molecule has 1 saturated heterocycles. The molecule has 0 radical (unpaired) electrons. The van der Waals surface area contributed by atoms with E-state index < -0.39 is 17.1 Å². The molecular weight excluding hydrogens is 264 g/mol. The Kier molecular flexibility index (Phi) is 3.20. The minimum atomic E-state index is -0.566. The predicted octanol–water partition coefficient (Wildman–Crippen LogP) is 0.652. The molecule has 0 aromatic carbocycles. The highest BCUT2D eigenvalue weighted by atomic mass is 32.2. The lowest BCUT2D eigenvalue weighted by Gasteiger charge is -1.94. The van der Waals surface area contributed by atoms with Crippen LogP contribution in [0.15, 0.2) is 11.0 Å². The second-order valence-electron chi connectivity index (χ2n) is 2.97. The highest BCUT2D eigenvalue weighted by Gasteiger charge is 2.26. The van der Waals surface area contributed by atoms with Gasteiger partial charge < -0.3 is 0 Å². The molecule has 88 valence electrons. The van der Waals surface area contributed by atoms with E-state index in [4.69, 9.17) is 0 Å². The van der Waals surface area contributed by atoms with Gasteiger partial charge in [-0.15, -0.1) is 10.2 Å². The van der Waals surface area contributed by atoms with Crippen LogP contribution >= 0.6 is 23.1 Å². The topological polar surface area (TPSA) is 101 Å². The number of aryl methyl sites for hydroxylation is 1. The fraction of sp³-hybridized carbons (Fsp3) is 0.125. The number of hydrogen-bond acceptors (Lipinski definition) is 7. The molecule has 2 rings (SSSR count). The summed E-state index contributed by atoms with van der Waals surface area (Å²) >= 11 is 1.90. The molecule has 1 fully saturated rings. The molecule has 17 heavy (non-hydrogen) atoms. The molecule has 9 heteroatoms. The third-order valence-electron chi connectivity index (χ3n) is 1.66. The highest BCUT2D eigenvalue weighted by molar-refractivity contribution is 8.18. The van der Waals surface area contributed by atoms with Crippen LogP contribution in [-0.4, -0.2) is 27.3 Å². The fourth-order valence-electron chi connectivity index (χ4n) is 1.03. The molecule has 0 bridgehead atoms. The SMILES string of the molecule is Cc1nnc(NC(=O)/C=C2\SC(=O)NC2=O)s1. The van der Waals surface area contributed by atoms with Gasteiger partial charge in [-0.1, -0.05) is 11.3 Å². The normalized spacial score (nSPS) is 17.4. The number of anilines is 1. The molecule has 1 aromatic rings. The Morgan fingerprint density at radius 3 is 2.71 bits per heavy atom. The van der Waals surface area contributed by atoms with Gasteiger partial charge in [0.2, 0.25) is 5.13 Å². The van der Waals surface area contributed by atoms with Crippen molar-refractivity contribution in [1.29, 1.82) is 0 Å². The molecule has 7 nitrogen and oxygen atoms in total. The lowest BCUT2D eigenvalue weighted by molar-refractivity contribution is -0.116. The van der Waals surface area contributed by atoms with Crippen molar-refractivity contribution < 1.29 is 14.4 Å². The maximum atomic E-state index is 11.5. The highest BCUT2D eigenvalue weighted by Crippen LogP contribution is 2.23. The van der Waals surface area contributed by atoms with E-state index in [9.17, 15) is 14.4 Å². The number of carbonyl (C=O) groups is 3. The van der Waals surface area contributed by atoms with Crippen LogP contribution < -0.4 is 10.6 Å². The van der Waals surface area contributed by atoms with Crippen molar-refractivity contribution in [1.82, 2.24) is 15.5 Å². The Hall–Kier alpha value is -1.74. The number of amides is 3. The lowest BCUT2D eigenvalue weighted by atomic mass is 10.4. The standard InChI is InChI=1S/C8H6N4O3S2/c1-3-11-12-7(16-3)9-5(13)2-4-6(14)10-8(15)17-4/h2H,1H3,(H,9,12,13)(H,10,14,15)/b4-2-. The van der Waals surface area contributed by atoms with Gasteiger partial charge in [0.05, 0.1) is 4.91 Å². The zero-order valence-electron chi connectivity index (χ0n) is 8.51. The van der Waals surface area contributed by atoms with Crippen molar-refractivity contribution in [3.8, 4) is 0 Å². The number of nitrogens with one attached hydrogen (secondary N) is 2. The van der Waals surface area contributed by atoms with Crippen molar-refractivity contribution in [2.45, 2.75) is 6.92 Å². The van der Waals surface area contributed by atoms with Crippen LogP contribution in [-0.2, 0) is 9.59 Å². The number of imide groups is 1. The Morgan fingerprint density at radius 2 is 2.18 bits per heavy atom. The first kappa shape index (κ1) is 11.7. The minimum Gasteiger partial charge on any atom is -0.297 e. The summed E-state index contributed by atoms with van der Waals surface area (Å²) in [7, 11) is 0. The van der Waals surface area contributed by atoms with Crippen molar-refractivity contribution in [3.05, 3.63) is 16.0 Å². The van der Waals surface area contributed by atoms with E-state index in [0.717, 1.165) is 11.1 Å². The quantitative estimate of drug-likeness (QED) is 0.765. The van der Waals surface area contributed by atoms with Crippen LogP contribution in [0.1, 0.15) is 5.01 Å². The van der Waals surface area contributed by atoms with Crippen molar-refractivity contribution in [2.75, 3.05) is 5.32 Å². The van der Waals surface area contributed by atoms with Gasteiger partial charge in [0.15, 0.2) is 0 Å². The van der Waals surface area contributed by atoms with Crippen LogP contribution in [0.3, 0.4) is 0 Å². The molecule has 1 aromatic heterocycles. The van der Waals surface area contributed by atoms with Crippen molar-refractivity contribution in [2.24, 2.45) is 0 Å². The van der Waals surface area contributed by atoms with Crippen molar-refractivity contribution >= 4 is 45.3 Å². The van der Waals surface area contributed by atoms with Crippen molar-refractivity contribution in [3.63, 3.8) is 0 Å². The van der Waals surface area contributed by atoms with Gasteiger partial charge >= 0.3 is 0 Å². The first-order valence-electron chi connectivity index (χ1n) is 4.40. The van der Waals surface area contributed by atoms with Gasteiger partial charge in [-0.3, -0.25) is 25.0 Å². The third kappa shape index (κ3) is 2.88. The maximum Gasteiger partial charge on any atom is 0.290 e. The number of rotatable bonds is 2. The minimum absolute atomic E-state index is 0.0636. The summed E-state index contributed by atoms with van der Waals surface area (Å²) in [5, 5.41) is 12.5. The maximum absolute atomic E-state index is 11.5. The van der Waals surface area contributed by atoms with E-state index in [1.165, 1.54) is 11.3 Å². The average Bonchev–Trinajstić information content (AvgIpc) is 2.74. The van der Waals surface area contributed by atoms with Crippen LogP contribution in [0.2, 0.25) is 0 Å². The summed E-state index contributed by atoms with van der Waals surface area (Å²) in [4.78, 5) is 33.5. The molecule has 0 saturated carbocycles. The molecule has 0 aliphatic carbocycles. The van der Waals surface area contributed by atoms with Crippen LogP contribution in [0.25, 0.3) is 0 Å². The Morgan fingerprint density at radius 1 is 1.41 bits per heavy atom. The predicted molar refractivity (Wildman–Crippen MR) is 62.5 cm³/mol. The van der Waals surface area contributed by atoms with Gasteiger partial charge in [0.1, 0.15) is 5.01 Å². The summed E-state index contributed by atoms with van der Waals surface area (Å²) in [5.41, 5.74) is 0. The van der Waals surface area contributed by atoms with E-state index in [1.54, 1.807) is 6.92 Å². The zero-order chi connectivity index (χ0) is 12.4. The molecule has 1 aliphatic heterocycles. The summed E-state index contributed by atoms with van der Waals surface area (Å²) < 4.78 is 0. The van der Waals surface area contributed by atoms with E-state index in [2.05, 4.69) is 20.8 Å². The number of carbonyl (C=O) groups excluding carboxylic acids is 3. The second-order valence-corrected chi connectivity index (χ2v) is 5.16. The first-order valence-corrected chi connectivity index (χ1v) is 6.04. The first-order chi connectivity index (χ1) is 8.04. The molecule has 3 amide bonds. The number of thioether (sulfide) groups is 1. The Balaban J connectivity index is 2.04. The Bertz CT molecular complexity index is 537. The molecular formula is C8H6N4O3S2. The number of hydrogen-bond donors (Lipinski definition) is 2. The van der Waals surface area contributed by atoms with E-state index in [-0.39, 0.29) is 4.91 Å². The monoisotopic (exact) mass is 270 g/mol. The summed E-state index contributed by atoms with van der Waals surface area (Å²) in [6.45, 7) is 1.75. The van der Waals surface area contributed by atoms with Gasteiger partial charge in [0, 0.05) is 6.08 Å². The van der Waals surface area contributed by atoms with Crippen LogP contribution in [0, 0.1) is 6.92 Å². The number of nitrogens with zero attached hydrogens (tertiary/aromatic N) is 2. The molecule has 0 atom stereocenters. The third-order valence-corrected chi connectivity index (χ3v) is 3.23. The fourth-order valence-corrected chi connectivity index (χ4v) is 2.28. The second kappa shape index (κ2) is 4.63. The van der Waals surface area contributed by atoms with Gasteiger partial charge in [-0.2, -0.15) is 0 Å². The van der Waals surface area contributed by atoms with E-state index in [1.807, 2.05) is 0 Å². The van der Waals surface area contributed by atoms with E-state index >= 15 is 0 Å². The largest absolute Gasteiger partial charge is 0.297 e. The molecule has 0 unspecified atom stereocenters. The zero-order valence-corrected chi connectivity index (χ0v) is 10.1.